The second-order valence-corrected chi connectivity index (χ2v) is 7.90. The number of hydrogen-bond donors (Lipinski definition) is 2. The summed E-state index contributed by atoms with van der Waals surface area (Å²) in [7, 11) is 0. The number of rotatable bonds is 7. The molecular weight excluding hydrogens is 609 g/mol. The van der Waals surface area contributed by atoms with Crippen LogP contribution in [-0.2, 0) is 51.6 Å². The van der Waals surface area contributed by atoms with Crippen LogP contribution in [0.1, 0.15) is 61.1 Å². The van der Waals surface area contributed by atoms with E-state index < -0.39 is 35.4 Å². The summed E-state index contributed by atoms with van der Waals surface area (Å²) in [4.78, 5) is 25.7. The molecule has 0 bridgehead atoms. The van der Waals surface area contributed by atoms with Crippen LogP contribution in [0.5, 0.6) is 11.5 Å². The van der Waals surface area contributed by atoms with Gasteiger partial charge in [-0.1, -0.05) is 13.8 Å². The molecule has 0 unspecified atom stereocenters. The molecule has 0 aromatic heterocycles. The van der Waals surface area contributed by atoms with Gasteiger partial charge in [-0.15, -0.1) is 0 Å². The standard InChI is InChI=1S/C22H22F6N2O2.2C2H4O2.Co/c1-3-13-7-17(21(23,24)25)9-15(19(13)31)11-29-5-6-30-12-16-10-18(22(26,27)28)8-14(4-2)20(16)32;2*1-2(3)4;/h7-12,31-32H,3-6H2,1-2H3;2*1H3,(H,3,4);/q;;;+2/p-2. The SMILES string of the molecule is CC(=O)[O-].CC(=O)[O-].CCc1cc(C(F)(F)F)cc(C=NCCN=Cc2cc(C(F)(F)F)cc(CC)c2O)c1O.[Co+2]. The predicted octanol–water partition coefficient (Wildman–Crippen LogP) is 3.31. The van der Waals surface area contributed by atoms with Gasteiger partial charge in [-0.3, -0.25) is 9.98 Å². The van der Waals surface area contributed by atoms with Crippen molar-refractivity contribution in [1.29, 1.82) is 0 Å². The fourth-order valence-electron chi connectivity index (χ4n) is 2.94. The molecule has 15 heteroatoms. The molecule has 0 amide bonds. The van der Waals surface area contributed by atoms with Crippen LogP contribution in [0.2, 0.25) is 0 Å². The molecule has 0 atom stereocenters. The molecule has 0 aliphatic carbocycles. The maximum Gasteiger partial charge on any atom is 2.00 e. The molecule has 0 heterocycles. The monoisotopic (exact) mass is 637 g/mol. The minimum atomic E-state index is -4.57. The Kier molecular flexibility index (Phi) is 17.3. The van der Waals surface area contributed by atoms with Gasteiger partial charge in [0.25, 0.3) is 0 Å². The van der Waals surface area contributed by atoms with Crippen LogP contribution in [0.25, 0.3) is 0 Å². The molecule has 2 rings (SSSR count). The van der Waals surface area contributed by atoms with Crippen LogP contribution in [0, 0.1) is 0 Å². The smallest absolute Gasteiger partial charge is 0.550 e. The molecule has 0 fully saturated rings. The van der Waals surface area contributed by atoms with Crippen molar-refractivity contribution in [3.05, 3.63) is 57.6 Å². The first-order valence-corrected chi connectivity index (χ1v) is 11.6. The Balaban J connectivity index is 0. The van der Waals surface area contributed by atoms with E-state index in [1.807, 2.05) is 0 Å². The fraction of sp³-hybridized carbons (Fsp3) is 0.385. The van der Waals surface area contributed by atoms with Crippen LogP contribution in [-0.4, -0.2) is 47.7 Å². The number of nitrogens with zero attached hydrogens (tertiary/aromatic N) is 2. The van der Waals surface area contributed by atoms with Crippen molar-refractivity contribution in [3.8, 4) is 11.5 Å². The molecule has 0 saturated heterocycles. The quantitative estimate of drug-likeness (QED) is 0.271. The minimum absolute atomic E-state index is 0. The average molecular weight is 637 g/mol. The Bertz CT molecular complexity index is 1110. The fourth-order valence-corrected chi connectivity index (χ4v) is 2.94. The van der Waals surface area contributed by atoms with E-state index in [1.54, 1.807) is 13.8 Å². The summed E-state index contributed by atoms with van der Waals surface area (Å²) in [5.74, 6) is -2.76. The molecule has 2 aromatic carbocycles. The Labute approximate surface area is 242 Å². The Morgan fingerprint density at radius 1 is 0.732 bits per heavy atom. The zero-order valence-corrected chi connectivity index (χ0v) is 23.4. The van der Waals surface area contributed by atoms with E-state index in [4.69, 9.17) is 19.8 Å². The van der Waals surface area contributed by atoms with Crippen molar-refractivity contribution >= 4 is 24.4 Å². The second-order valence-electron chi connectivity index (χ2n) is 7.90. The molecule has 0 aliphatic rings. The van der Waals surface area contributed by atoms with Crippen LogP contribution < -0.4 is 10.2 Å². The number of carbonyl (C=O) groups is 2. The first-order chi connectivity index (χ1) is 18.3. The minimum Gasteiger partial charge on any atom is -0.550 e. The molecular formula is C26H28CoF6N2O6. The van der Waals surface area contributed by atoms with Gasteiger partial charge in [0, 0.05) is 35.5 Å². The second kappa shape index (κ2) is 18.0. The number of phenolic OH excluding ortho intramolecular Hbond substituents is 2. The molecule has 1 radical (unpaired) electrons. The van der Waals surface area contributed by atoms with Crippen molar-refractivity contribution in [2.24, 2.45) is 9.98 Å². The summed E-state index contributed by atoms with van der Waals surface area (Å²) in [6.07, 6.45) is -6.57. The third kappa shape index (κ3) is 15.1. The van der Waals surface area contributed by atoms with Crippen LogP contribution in [0.4, 0.5) is 26.3 Å². The number of aryl methyl sites for hydroxylation is 2. The summed E-state index contributed by atoms with van der Waals surface area (Å²) >= 11 is 0. The number of carbonyl (C=O) groups excluding carboxylic acids is 2. The van der Waals surface area contributed by atoms with Crippen LogP contribution >= 0.6 is 0 Å². The Morgan fingerprint density at radius 3 is 1.22 bits per heavy atom. The number of aromatic hydroxyl groups is 2. The molecule has 229 valence electrons. The maximum absolute atomic E-state index is 13.0. The zero-order valence-electron chi connectivity index (χ0n) is 22.3. The van der Waals surface area contributed by atoms with E-state index in [1.165, 1.54) is 0 Å². The molecule has 0 spiro atoms. The first-order valence-electron chi connectivity index (χ1n) is 11.6. The number of carboxylic acids is 2. The van der Waals surface area contributed by atoms with Crippen LogP contribution in [0.15, 0.2) is 34.3 Å². The molecule has 0 aliphatic heterocycles. The normalized spacial score (nSPS) is 11.3. The number of phenols is 2. The van der Waals surface area contributed by atoms with Crippen molar-refractivity contribution in [2.45, 2.75) is 52.9 Å². The summed E-state index contributed by atoms with van der Waals surface area (Å²) in [6.45, 7) is 5.18. The summed E-state index contributed by atoms with van der Waals surface area (Å²) in [6, 6.07) is 3.33. The van der Waals surface area contributed by atoms with E-state index in [9.17, 15) is 36.6 Å². The van der Waals surface area contributed by atoms with Gasteiger partial charge in [0.2, 0.25) is 0 Å². The first kappa shape index (κ1) is 39.5. The third-order valence-electron chi connectivity index (χ3n) is 4.67. The molecule has 41 heavy (non-hydrogen) atoms. The molecule has 0 saturated carbocycles. The summed E-state index contributed by atoms with van der Waals surface area (Å²) in [5, 5.41) is 38.0. The number of alkyl halides is 6. The van der Waals surface area contributed by atoms with Crippen molar-refractivity contribution in [3.63, 3.8) is 0 Å². The summed E-state index contributed by atoms with van der Waals surface area (Å²) in [5.41, 5.74) is -1.73. The van der Waals surface area contributed by atoms with Gasteiger partial charge in [0.1, 0.15) is 11.5 Å². The summed E-state index contributed by atoms with van der Waals surface area (Å²) < 4.78 is 78.1. The third-order valence-corrected chi connectivity index (χ3v) is 4.67. The van der Waals surface area contributed by atoms with Crippen LogP contribution in [0.3, 0.4) is 0 Å². The van der Waals surface area contributed by atoms with E-state index in [-0.39, 0.29) is 76.5 Å². The average Bonchev–Trinajstić information content (AvgIpc) is 2.80. The van der Waals surface area contributed by atoms with Crippen molar-refractivity contribution in [2.75, 3.05) is 13.1 Å². The van der Waals surface area contributed by atoms with Gasteiger partial charge < -0.3 is 30.0 Å². The molecule has 8 nitrogen and oxygen atoms in total. The number of aliphatic imine (C=N–C) groups is 2. The number of carboxylic acid groups (broad SMARTS) is 2. The number of aliphatic carboxylic acids is 2. The topological polar surface area (TPSA) is 145 Å². The van der Waals surface area contributed by atoms with Gasteiger partial charge in [-0.25, -0.2) is 0 Å². The van der Waals surface area contributed by atoms with E-state index in [2.05, 4.69) is 9.98 Å². The van der Waals surface area contributed by atoms with Gasteiger partial charge in [-0.2, -0.15) is 26.3 Å². The van der Waals surface area contributed by atoms with Gasteiger partial charge >= 0.3 is 29.1 Å². The van der Waals surface area contributed by atoms with Crippen molar-refractivity contribution < 1.29 is 73.1 Å². The van der Waals surface area contributed by atoms with Gasteiger partial charge in [-0.05, 0) is 62.1 Å². The number of hydrogen-bond acceptors (Lipinski definition) is 8. The Hall–Kier alpha value is -3.59. The van der Waals surface area contributed by atoms with Crippen molar-refractivity contribution in [1.82, 2.24) is 0 Å². The zero-order chi connectivity index (χ0) is 31.3. The van der Waals surface area contributed by atoms with E-state index in [0.717, 1.165) is 50.5 Å². The van der Waals surface area contributed by atoms with E-state index >= 15 is 0 Å². The molecule has 2 N–H and O–H groups in total. The predicted molar refractivity (Wildman–Crippen MR) is 131 cm³/mol. The maximum atomic E-state index is 13.0. The van der Waals surface area contributed by atoms with E-state index in [0.29, 0.717) is 0 Å². The number of halogens is 6. The largest absolute Gasteiger partial charge is 2.00 e. The number of benzene rings is 2. The molecule has 2 aromatic rings. The van der Waals surface area contributed by atoms with Gasteiger partial charge in [0.15, 0.2) is 0 Å². The van der Waals surface area contributed by atoms with Gasteiger partial charge in [0.05, 0.1) is 24.2 Å². The Morgan fingerprint density at radius 2 is 1.00 bits per heavy atom.